The summed E-state index contributed by atoms with van der Waals surface area (Å²) < 4.78 is 2.51. The molecule has 0 aliphatic rings. The van der Waals surface area contributed by atoms with Crippen LogP contribution in [0.4, 0.5) is 0 Å². The van der Waals surface area contributed by atoms with E-state index in [9.17, 15) is 0 Å². The summed E-state index contributed by atoms with van der Waals surface area (Å²) in [5, 5.41) is 0.797. The van der Waals surface area contributed by atoms with Gasteiger partial charge in [-0.15, -0.1) is 0 Å². The first-order chi connectivity index (χ1) is 7.18. The quantitative estimate of drug-likeness (QED) is 0.490. The molecule has 78 valence electrons. The summed E-state index contributed by atoms with van der Waals surface area (Å²) in [5.41, 5.74) is 0. The van der Waals surface area contributed by atoms with Crippen molar-refractivity contribution < 1.29 is 0 Å². The summed E-state index contributed by atoms with van der Waals surface area (Å²) in [6.07, 6.45) is 0. The number of benzene rings is 2. The van der Waals surface area contributed by atoms with Crippen LogP contribution in [0.2, 0.25) is 5.02 Å². The Balaban J connectivity index is 0.000000151. The Morgan fingerprint density at radius 1 is 0.667 bits per heavy atom. The molecule has 0 fully saturated rings. The van der Waals surface area contributed by atoms with E-state index in [0.29, 0.717) is 0 Å². The van der Waals surface area contributed by atoms with Crippen LogP contribution in [0.1, 0.15) is 0 Å². The summed E-state index contributed by atoms with van der Waals surface area (Å²) >= 11 is 10.1. The molecule has 2 aromatic carbocycles. The normalized spacial score (nSPS) is 9.00. The van der Waals surface area contributed by atoms with Gasteiger partial charge in [0.2, 0.25) is 0 Å². The molecule has 3 heteroatoms. The number of halogens is 3. The third-order valence-corrected chi connectivity index (χ3v) is 3.23. The Labute approximate surface area is 122 Å². The van der Waals surface area contributed by atoms with Crippen LogP contribution in [-0.2, 0) is 0 Å². The zero-order chi connectivity index (χ0) is 11.1. The van der Waals surface area contributed by atoms with Crippen LogP contribution < -0.4 is 0 Å². The van der Waals surface area contributed by atoms with Gasteiger partial charge in [0, 0.05) is 12.2 Å². The minimum absolute atomic E-state index is 0.797. The summed E-state index contributed by atoms with van der Waals surface area (Å²) in [4.78, 5) is 0. The van der Waals surface area contributed by atoms with Gasteiger partial charge >= 0.3 is 0 Å². The maximum absolute atomic E-state index is 5.61. The zero-order valence-corrected chi connectivity index (χ0v) is 12.9. The van der Waals surface area contributed by atoms with Gasteiger partial charge in [-0.25, -0.2) is 0 Å². The van der Waals surface area contributed by atoms with Crippen molar-refractivity contribution in [3.63, 3.8) is 0 Å². The highest BCUT2D eigenvalue weighted by molar-refractivity contribution is 14.1. The summed E-state index contributed by atoms with van der Waals surface area (Å²) in [5.74, 6) is 0. The molecule has 0 heterocycles. The largest absolute Gasteiger partial charge is 0.0843 e. The lowest BCUT2D eigenvalue weighted by Gasteiger charge is -1.86. The highest BCUT2D eigenvalue weighted by Crippen LogP contribution is 2.10. The molecule has 0 saturated heterocycles. The molecular formula is C12H9ClI2. The van der Waals surface area contributed by atoms with Gasteiger partial charge in [0.25, 0.3) is 0 Å². The maximum atomic E-state index is 5.61. The smallest absolute Gasteiger partial charge is 0.0406 e. The van der Waals surface area contributed by atoms with Gasteiger partial charge in [-0.05, 0) is 81.6 Å². The first-order valence-corrected chi connectivity index (χ1v) is 6.83. The van der Waals surface area contributed by atoms with Crippen LogP contribution in [0.15, 0.2) is 54.6 Å². The molecule has 15 heavy (non-hydrogen) atoms. The average molecular weight is 442 g/mol. The molecule has 0 atom stereocenters. The molecule has 0 radical (unpaired) electrons. The Morgan fingerprint density at radius 3 is 1.47 bits per heavy atom. The van der Waals surface area contributed by atoms with E-state index in [4.69, 9.17) is 11.6 Å². The fraction of sp³-hybridized carbons (Fsp3) is 0. The van der Waals surface area contributed by atoms with E-state index < -0.39 is 0 Å². The number of hydrogen-bond donors (Lipinski definition) is 0. The van der Waals surface area contributed by atoms with Crippen molar-refractivity contribution in [3.8, 4) is 0 Å². The Bertz CT molecular complexity index is 363. The fourth-order valence-corrected chi connectivity index (χ4v) is 1.74. The second-order valence-corrected chi connectivity index (χ2v) is 5.66. The third-order valence-electron chi connectivity index (χ3n) is 1.54. The van der Waals surface area contributed by atoms with Crippen molar-refractivity contribution in [1.82, 2.24) is 0 Å². The molecule has 0 aliphatic carbocycles. The van der Waals surface area contributed by atoms with Gasteiger partial charge in [-0.2, -0.15) is 0 Å². The Morgan fingerprint density at radius 2 is 1.13 bits per heavy atom. The Kier molecular flexibility index (Phi) is 6.59. The van der Waals surface area contributed by atoms with E-state index in [0.717, 1.165) is 5.02 Å². The van der Waals surface area contributed by atoms with E-state index in [2.05, 4.69) is 57.3 Å². The van der Waals surface area contributed by atoms with Gasteiger partial charge in [0.05, 0.1) is 0 Å². The molecule has 0 spiro atoms. The second kappa shape index (κ2) is 7.46. The summed E-state index contributed by atoms with van der Waals surface area (Å²) in [7, 11) is 0. The first kappa shape index (κ1) is 13.3. The number of rotatable bonds is 0. The predicted molar refractivity (Wildman–Crippen MR) is 83.3 cm³/mol. The van der Waals surface area contributed by atoms with Gasteiger partial charge in [0.15, 0.2) is 0 Å². The third kappa shape index (κ3) is 6.37. The van der Waals surface area contributed by atoms with Gasteiger partial charge in [-0.1, -0.05) is 29.8 Å². The van der Waals surface area contributed by atoms with Crippen LogP contribution >= 0.6 is 56.8 Å². The molecule has 0 amide bonds. The minimum Gasteiger partial charge on any atom is -0.0843 e. The van der Waals surface area contributed by atoms with Crippen LogP contribution in [0.3, 0.4) is 0 Å². The highest BCUT2D eigenvalue weighted by Gasteiger charge is 1.83. The van der Waals surface area contributed by atoms with Gasteiger partial charge in [-0.3, -0.25) is 0 Å². The second-order valence-electron chi connectivity index (χ2n) is 2.73. The van der Waals surface area contributed by atoms with E-state index in [1.165, 1.54) is 7.14 Å². The van der Waals surface area contributed by atoms with Crippen LogP contribution in [-0.4, -0.2) is 0 Å². The van der Waals surface area contributed by atoms with Crippen LogP contribution in [0, 0.1) is 7.14 Å². The van der Waals surface area contributed by atoms with Crippen molar-refractivity contribution >= 4 is 56.8 Å². The predicted octanol–water partition coefficient (Wildman–Crippen LogP) is 5.24. The minimum atomic E-state index is 0.797. The van der Waals surface area contributed by atoms with E-state index >= 15 is 0 Å². The Hall–Kier alpha value is 0.190. The van der Waals surface area contributed by atoms with Gasteiger partial charge in [0.1, 0.15) is 0 Å². The number of hydrogen-bond acceptors (Lipinski definition) is 0. The molecule has 0 unspecified atom stereocenters. The van der Waals surface area contributed by atoms with Crippen molar-refractivity contribution in [2.75, 3.05) is 0 Å². The molecule has 0 N–H and O–H groups in total. The standard InChI is InChI=1S/C6H4ClI.C6H5I/c7-5-1-3-6(8)4-2-5;7-6-4-2-1-3-5-6/h1-4H;1-5H. The molecule has 0 nitrogen and oxygen atoms in total. The summed E-state index contributed by atoms with van der Waals surface area (Å²) in [6.45, 7) is 0. The summed E-state index contributed by atoms with van der Waals surface area (Å²) in [6, 6.07) is 17.9. The lowest BCUT2D eigenvalue weighted by molar-refractivity contribution is 1.65. The van der Waals surface area contributed by atoms with Crippen molar-refractivity contribution in [1.29, 1.82) is 0 Å². The average Bonchev–Trinajstić information content (AvgIpc) is 2.25. The molecule has 0 saturated carbocycles. The monoisotopic (exact) mass is 442 g/mol. The van der Waals surface area contributed by atoms with Crippen molar-refractivity contribution in [2.24, 2.45) is 0 Å². The fourth-order valence-electron chi connectivity index (χ4n) is 0.844. The topological polar surface area (TPSA) is 0 Å². The molecule has 2 aromatic rings. The van der Waals surface area contributed by atoms with Gasteiger partial charge < -0.3 is 0 Å². The maximum Gasteiger partial charge on any atom is 0.0406 e. The lowest BCUT2D eigenvalue weighted by Crippen LogP contribution is -1.65. The van der Waals surface area contributed by atoms with E-state index in [-0.39, 0.29) is 0 Å². The lowest BCUT2D eigenvalue weighted by atomic mass is 10.4. The highest BCUT2D eigenvalue weighted by atomic mass is 127. The molecular weight excluding hydrogens is 433 g/mol. The first-order valence-electron chi connectivity index (χ1n) is 4.30. The molecule has 0 aromatic heterocycles. The van der Waals surface area contributed by atoms with Crippen molar-refractivity contribution in [2.45, 2.75) is 0 Å². The van der Waals surface area contributed by atoms with Crippen LogP contribution in [0.25, 0.3) is 0 Å². The zero-order valence-electron chi connectivity index (χ0n) is 7.83. The van der Waals surface area contributed by atoms with E-state index in [1.54, 1.807) is 0 Å². The van der Waals surface area contributed by atoms with Crippen molar-refractivity contribution in [3.05, 3.63) is 66.8 Å². The SMILES string of the molecule is Clc1ccc(I)cc1.Ic1ccccc1. The molecule has 0 aliphatic heterocycles. The van der Waals surface area contributed by atoms with E-state index in [1.807, 2.05) is 42.5 Å². The molecule has 0 bridgehead atoms. The van der Waals surface area contributed by atoms with Crippen LogP contribution in [0.5, 0.6) is 0 Å². The molecule has 2 rings (SSSR count).